The number of carbonyl (C=O) groups is 1. The summed E-state index contributed by atoms with van der Waals surface area (Å²) in [7, 11) is 1.51. The highest BCUT2D eigenvalue weighted by Crippen LogP contribution is 2.32. The van der Waals surface area contributed by atoms with E-state index in [-0.39, 0.29) is 18.0 Å². The van der Waals surface area contributed by atoms with Crippen LogP contribution in [-0.2, 0) is 12.7 Å². The molecule has 1 amide bonds. The van der Waals surface area contributed by atoms with Crippen LogP contribution in [0.4, 0.5) is 19.0 Å². The van der Waals surface area contributed by atoms with E-state index in [1.54, 1.807) is 24.4 Å². The van der Waals surface area contributed by atoms with Crippen LogP contribution in [0.3, 0.4) is 0 Å². The fourth-order valence-corrected chi connectivity index (χ4v) is 3.21. The molecular formula is C19H20F3N3O. The Morgan fingerprint density at radius 1 is 1.15 bits per heavy atom. The monoisotopic (exact) mass is 363 g/mol. The van der Waals surface area contributed by atoms with Gasteiger partial charge < -0.3 is 9.80 Å². The summed E-state index contributed by atoms with van der Waals surface area (Å²) < 4.78 is 39.5. The molecule has 0 atom stereocenters. The number of hydrogen-bond acceptors (Lipinski definition) is 3. The molecule has 1 aliphatic heterocycles. The first-order valence-corrected chi connectivity index (χ1v) is 8.48. The normalized spacial score (nSPS) is 14.5. The predicted molar refractivity (Wildman–Crippen MR) is 92.9 cm³/mol. The van der Waals surface area contributed by atoms with Crippen LogP contribution < -0.4 is 4.90 Å². The number of carbonyl (C=O) groups excluding carboxylic acids is 1. The smallest absolute Gasteiger partial charge is 0.356 e. The standard InChI is InChI=1S/C19H20F3N3O/c1-24(13-14-7-2-3-9-16(14)19(20,21)22)18(26)15-8-6-10-23-17(15)25-11-4-5-12-25/h2-3,6-10H,4-5,11-13H2,1H3. The van der Waals surface area contributed by atoms with Crippen LogP contribution in [0.2, 0.25) is 0 Å². The summed E-state index contributed by atoms with van der Waals surface area (Å²) in [6.07, 6.45) is -0.739. The van der Waals surface area contributed by atoms with Crippen LogP contribution in [0.15, 0.2) is 42.6 Å². The fourth-order valence-electron chi connectivity index (χ4n) is 3.21. The van der Waals surface area contributed by atoms with Gasteiger partial charge in [0.15, 0.2) is 0 Å². The average Bonchev–Trinajstić information content (AvgIpc) is 3.15. The zero-order chi connectivity index (χ0) is 18.7. The highest BCUT2D eigenvalue weighted by atomic mass is 19.4. The molecule has 0 bridgehead atoms. The molecule has 3 rings (SSSR count). The molecule has 1 fully saturated rings. The van der Waals surface area contributed by atoms with Crippen molar-refractivity contribution in [3.63, 3.8) is 0 Å². The minimum absolute atomic E-state index is 0.0717. The molecular weight excluding hydrogens is 343 g/mol. The average molecular weight is 363 g/mol. The van der Waals surface area contributed by atoms with Crippen molar-refractivity contribution in [2.75, 3.05) is 25.0 Å². The molecule has 138 valence electrons. The summed E-state index contributed by atoms with van der Waals surface area (Å²) in [5, 5.41) is 0. The van der Waals surface area contributed by atoms with Gasteiger partial charge in [-0.05, 0) is 36.6 Å². The van der Waals surface area contributed by atoms with Crippen LogP contribution in [0.5, 0.6) is 0 Å². The SMILES string of the molecule is CN(Cc1ccccc1C(F)(F)F)C(=O)c1cccnc1N1CCCC1. The van der Waals surface area contributed by atoms with Crippen LogP contribution in [0.1, 0.15) is 34.3 Å². The van der Waals surface area contributed by atoms with Gasteiger partial charge in [0.25, 0.3) is 5.91 Å². The number of alkyl halides is 3. The van der Waals surface area contributed by atoms with Crippen molar-refractivity contribution >= 4 is 11.7 Å². The van der Waals surface area contributed by atoms with Crippen molar-refractivity contribution in [2.45, 2.75) is 25.6 Å². The van der Waals surface area contributed by atoms with E-state index >= 15 is 0 Å². The molecule has 1 aromatic heterocycles. The Morgan fingerprint density at radius 2 is 1.85 bits per heavy atom. The highest BCUT2D eigenvalue weighted by Gasteiger charge is 2.33. The third kappa shape index (κ3) is 3.81. The number of halogens is 3. The molecule has 0 spiro atoms. The first kappa shape index (κ1) is 18.2. The van der Waals surface area contributed by atoms with E-state index in [4.69, 9.17) is 0 Å². The van der Waals surface area contributed by atoms with Crippen molar-refractivity contribution in [1.29, 1.82) is 0 Å². The van der Waals surface area contributed by atoms with Crippen LogP contribution in [-0.4, -0.2) is 35.9 Å². The molecule has 0 radical (unpaired) electrons. The number of hydrogen-bond donors (Lipinski definition) is 0. The molecule has 7 heteroatoms. The van der Waals surface area contributed by atoms with Crippen molar-refractivity contribution < 1.29 is 18.0 Å². The van der Waals surface area contributed by atoms with Gasteiger partial charge in [-0.25, -0.2) is 4.98 Å². The van der Waals surface area contributed by atoms with Gasteiger partial charge in [0, 0.05) is 32.9 Å². The second-order valence-electron chi connectivity index (χ2n) is 6.38. The quantitative estimate of drug-likeness (QED) is 0.825. The van der Waals surface area contributed by atoms with Gasteiger partial charge in [0.2, 0.25) is 0 Å². The molecule has 0 saturated carbocycles. The molecule has 1 saturated heterocycles. The molecule has 26 heavy (non-hydrogen) atoms. The number of benzene rings is 1. The van der Waals surface area contributed by atoms with Gasteiger partial charge in [-0.15, -0.1) is 0 Å². The fraction of sp³-hybridized carbons (Fsp3) is 0.368. The van der Waals surface area contributed by atoms with Crippen molar-refractivity contribution in [3.05, 3.63) is 59.3 Å². The second kappa shape index (κ2) is 7.35. The predicted octanol–water partition coefficient (Wildman–Crippen LogP) is 3.97. The third-order valence-corrected chi connectivity index (χ3v) is 4.50. The molecule has 0 N–H and O–H groups in total. The van der Waals surface area contributed by atoms with E-state index in [0.717, 1.165) is 32.0 Å². The first-order chi connectivity index (χ1) is 12.4. The molecule has 2 heterocycles. The Bertz CT molecular complexity index is 786. The summed E-state index contributed by atoms with van der Waals surface area (Å²) in [6.45, 7) is 1.54. The van der Waals surface area contributed by atoms with Crippen LogP contribution >= 0.6 is 0 Å². The number of aromatic nitrogens is 1. The van der Waals surface area contributed by atoms with Crippen LogP contribution in [0.25, 0.3) is 0 Å². The Hall–Kier alpha value is -2.57. The summed E-state index contributed by atoms with van der Waals surface area (Å²) in [5.74, 6) is 0.267. The lowest BCUT2D eigenvalue weighted by Crippen LogP contribution is -2.30. The third-order valence-electron chi connectivity index (χ3n) is 4.50. The Labute approximate surface area is 150 Å². The number of nitrogens with zero attached hydrogens (tertiary/aromatic N) is 3. The first-order valence-electron chi connectivity index (χ1n) is 8.48. The lowest BCUT2D eigenvalue weighted by Gasteiger charge is -2.24. The van der Waals surface area contributed by atoms with Gasteiger partial charge in [-0.2, -0.15) is 13.2 Å². The summed E-state index contributed by atoms with van der Waals surface area (Å²) in [6, 6.07) is 8.67. The molecule has 1 aromatic carbocycles. The Balaban J connectivity index is 1.84. The molecule has 0 unspecified atom stereocenters. The van der Waals surface area contributed by atoms with Gasteiger partial charge in [0.05, 0.1) is 11.1 Å². The van der Waals surface area contributed by atoms with E-state index < -0.39 is 11.7 Å². The van der Waals surface area contributed by atoms with Gasteiger partial charge in [-0.1, -0.05) is 18.2 Å². The number of amides is 1. The van der Waals surface area contributed by atoms with Crippen molar-refractivity contribution in [3.8, 4) is 0 Å². The maximum atomic E-state index is 13.2. The second-order valence-corrected chi connectivity index (χ2v) is 6.38. The number of anilines is 1. The van der Waals surface area contributed by atoms with Crippen LogP contribution in [0, 0.1) is 0 Å². The van der Waals surface area contributed by atoms with E-state index in [1.165, 1.54) is 24.1 Å². The largest absolute Gasteiger partial charge is 0.416 e. The zero-order valence-electron chi connectivity index (χ0n) is 14.5. The lowest BCUT2D eigenvalue weighted by atomic mass is 10.1. The van der Waals surface area contributed by atoms with E-state index in [0.29, 0.717) is 11.4 Å². The molecule has 4 nitrogen and oxygen atoms in total. The lowest BCUT2D eigenvalue weighted by molar-refractivity contribution is -0.138. The Morgan fingerprint density at radius 3 is 2.54 bits per heavy atom. The molecule has 0 aliphatic carbocycles. The topological polar surface area (TPSA) is 36.4 Å². The minimum Gasteiger partial charge on any atom is -0.356 e. The summed E-state index contributed by atoms with van der Waals surface area (Å²) in [5.41, 5.74) is -0.227. The maximum Gasteiger partial charge on any atom is 0.416 e. The van der Waals surface area contributed by atoms with Crippen molar-refractivity contribution in [2.24, 2.45) is 0 Å². The minimum atomic E-state index is -4.45. The molecule has 2 aromatic rings. The van der Waals surface area contributed by atoms with E-state index in [1.807, 2.05) is 4.90 Å². The number of pyridine rings is 1. The number of rotatable bonds is 4. The zero-order valence-corrected chi connectivity index (χ0v) is 14.5. The maximum absolute atomic E-state index is 13.2. The summed E-state index contributed by atoms with van der Waals surface area (Å²) >= 11 is 0. The van der Waals surface area contributed by atoms with E-state index in [9.17, 15) is 18.0 Å². The van der Waals surface area contributed by atoms with E-state index in [2.05, 4.69) is 4.98 Å². The highest BCUT2D eigenvalue weighted by molar-refractivity contribution is 5.98. The molecule has 1 aliphatic rings. The summed E-state index contributed by atoms with van der Waals surface area (Å²) in [4.78, 5) is 20.5. The van der Waals surface area contributed by atoms with Gasteiger partial charge in [-0.3, -0.25) is 4.79 Å². The Kier molecular flexibility index (Phi) is 5.15. The van der Waals surface area contributed by atoms with Crippen molar-refractivity contribution in [1.82, 2.24) is 9.88 Å². The van der Waals surface area contributed by atoms with Gasteiger partial charge in [0.1, 0.15) is 5.82 Å². The van der Waals surface area contributed by atoms with Gasteiger partial charge >= 0.3 is 6.18 Å².